The largest absolute Gasteiger partial charge is 0.330 e. The van der Waals surface area contributed by atoms with Gasteiger partial charge in [-0.1, -0.05) is 12.1 Å². The van der Waals surface area contributed by atoms with Crippen LogP contribution in [0.15, 0.2) is 18.2 Å². The number of nitrogens with one attached hydrogen (secondary N) is 2. The molecule has 0 aromatic heterocycles. The molecule has 0 radical (unpaired) electrons. The average Bonchev–Trinajstić information content (AvgIpc) is 2.93. The summed E-state index contributed by atoms with van der Waals surface area (Å²) in [6.45, 7) is 5.14. The molecule has 1 atom stereocenters. The molecule has 1 aromatic rings. The van der Waals surface area contributed by atoms with Gasteiger partial charge in [-0.25, -0.2) is 0 Å². The zero-order chi connectivity index (χ0) is 15.6. The first-order valence-electron chi connectivity index (χ1n) is 9.15. The van der Waals surface area contributed by atoms with Gasteiger partial charge in [-0.15, -0.1) is 0 Å². The average molecular weight is 313 g/mol. The summed E-state index contributed by atoms with van der Waals surface area (Å²) in [4.78, 5) is 14.8. The standard InChI is InChI=1S/C19H27N3O/c23-19-18-4-3-15(10-14-5-8-20-9-6-14)11-16(18)13-22(19)17-2-1-7-21-12-17/h3-4,11,14,17,20-21H,1-2,5-10,12-13H2. The number of fused-ring (bicyclic) bond motifs is 1. The van der Waals surface area contributed by atoms with Crippen LogP contribution >= 0.6 is 0 Å². The van der Waals surface area contributed by atoms with Crippen LogP contribution in [0.1, 0.15) is 47.2 Å². The van der Waals surface area contributed by atoms with E-state index in [1.165, 1.54) is 30.4 Å². The van der Waals surface area contributed by atoms with Crippen LogP contribution in [0.4, 0.5) is 0 Å². The SMILES string of the molecule is O=C1c2ccc(CC3CCNCC3)cc2CN1C1CCCNC1. The van der Waals surface area contributed by atoms with Gasteiger partial charge in [0.05, 0.1) is 0 Å². The Hall–Kier alpha value is -1.39. The number of carbonyl (C=O) groups excluding carboxylic acids is 1. The Morgan fingerprint density at radius 3 is 2.74 bits per heavy atom. The number of carbonyl (C=O) groups is 1. The Kier molecular flexibility index (Phi) is 4.36. The minimum Gasteiger partial charge on any atom is -0.330 e. The van der Waals surface area contributed by atoms with Crippen molar-refractivity contribution in [3.05, 3.63) is 34.9 Å². The van der Waals surface area contributed by atoms with Crippen molar-refractivity contribution < 1.29 is 4.79 Å². The van der Waals surface area contributed by atoms with Gasteiger partial charge in [0.15, 0.2) is 0 Å². The van der Waals surface area contributed by atoms with E-state index in [9.17, 15) is 4.79 Å². The second kappa shape index (κ2) is 6.62. The Bertz CT molecular complexity index is 574. The van der Waals surface area contributed by atoms with E-state index in [-0.39, 0.29) is 5.91 Å². The van der Waals surface area contributed by atoms with Crippen molar-refractivity contribution in [1.82, 2.24) is 15.5 Å². The minimum absolute atomic E-state index is 0.238. The van der Waals surface area contributed by atoms with Crippen molar-refractivity contribution in [3.8, 4) is 0 Å². The van der Waals surface area contributed by atoms with Gasteiger partial charge >= 0.3 is 0 Å². The number of nitrogens with zero attached hydrogens (tertiary/aromatic N) is 1. The highest BCUT2D eigenvalue weighted by molar-refractivity contribution is 5.98. The van der Waals surface area contributed by atoms with E-state index >= 15 is 0 Å². The predicted octanol–water partition coefficient (Wildman–Crippen LogP) is 1.94. The molecule has 2 fully saturated rings. The number of amides is 1. The lowest BCUT2D eigenvalue weighted by molar-refractivity contribution is 0.0674. The molecule has 1 unspecified atom stereocenters. The molecule has 124 valence electrons. The molecule has 1 amide bonds. The Balaban J connectivity index is 1.47. The van der Waals surface area contributed by atoms with Crippen LogP contribution in [0, 0.1) is 5.92 Å². The molecule has 2 saturated heterocycles. The van der Waals surface area contributed by atoms with Crippen LogP contribution in [0.3, 0.4) is 0 Å². The van der Waals surface area contributed by atoms with Crippen LogP contribution in [0.5, 0.6) is 0 Å². The van der Waals surface area contributed by atoms with E-state index in [0.29, 0.717) is 6.04 Å². The predicted molar refractivity (Wildman–Crippen MR) is 91.5 cm³/mol. The number of rotatable bonds is 3. The highest BCUT2D eigenvalue weighted by atomic mass is 16.2. The van der Waals surface area contributed by atoms with Crippen LogP contribution < -0.4 is 10.6 Å². The smallest absolute Gasteiger partial charge is 0.254 e. The second-order valence-corrected chi connectivity index (χ2v) is 7.32. The normalized spacial score (nSPS) is 25.7. The van der Waals surface area contributed by atoms with Crippen molar-refractivity contribution >= 4 is 5.91 Å². The molecular formula is C19H27N3O. The highest BCUT2D eigenvalue weighted by Crippen LogP contribution is 2.29. The van der Waals surface area contributed by atoms with Crippen molar-refractivity contribution in [2.45, 2.75) is 44.7 Å². The maximum atomic E-state index is 12.7. The zero-order valence-corrected chi connectivity index (χ0v) is 13.8. The van der Waals surface area contributed by atoms with Crippen LogP contribution in [0.25, 0.3) is 0 Å². The van der Waals surface area contributed by atoms with Gasteiger partial charge in [-0.2, -0.15) is 0 Å². The molecular weight excluding hydrogens is 286 g/mol. The fourth-order valence-corrected chi connectivity index (χ4v) is 4.34. The Morgan fingerprint density at radius 1 is 1.09 bits per heavy atom. The van der Waals surface area contributed by atoms with E-state index in [4.69, 9.17) is 0 Å². The molecule has 3 heterocycles. The van der Waals surface area contributed by atoms with Gasteiger partial charge < -0.3 is 15.5 Å². The summed E-state index contributed by atoms with van der Waals surface area (Å²) in [6.07, 6.45) is 6.01. The van der Waals surface area contributed by atoms with Gasteiger partial charge in [0, 0.05) is 24.7 Å². The maximum Gasteiger partial charge on any atom is 0.254 e. The van der Waals surface area contributed by atoms with E-state index in [2.05, 4.69) is 33.7 Å². The molecule has 23 heavy (non-hydrogen) atoms. The Morgan fingerprint density at radius 2 is 1.96 bits per heavy atom. The molecule has 0 bridgehead atoms. The Labute approximate surface area is 138 Å². The quantitative estimate of drug-likeness (QED) is 0.896. The number of hydrogen-bond acceptors (Lipinski definition) is 3. The molecule has 0 aliphatic carbocycles. The first-order valence-corrected chi connectivity index (χ1v) is 9.15. The third kappa shape index (κ3) is 3.15. The van der Waals surface area contributed by atoms with Gasteiger partial charge in [0.2, 0.25) is 0 Å². The summed E-state index contributed by atoms with van der Waals surface area (Å²) in [5.41, 5.74) is 3.59. The van der Waals surface area contributed by atoms with Gasteiger partial charge in [0.25, 0.3) is 5.91 Å². The number of benzene rings is 1. The molecule has 1 aromatic carbocycles. The molecule has 0 saturated carbocycles. The number of piperidine rings is 2. The van der Waals surface area contributed by atoms with Crippen molar-refractivity contribution in [1.29, 1.82) is 0 Å². The molecule has 4 rings (SSSR count). The number of hydrogen-bond donors (Lipinski definition) is 2. The van der Waals surface area contributed by atoms with Gasteiger partial charge in [-0.05, 0) is 74.8 Å². The van der Waals surface area contributed by atoms with E-state index in [0.717, 1.165) is 57.0 Å². The minimum atomic E-state index is 0.238. The molecule has 4 heteroatoms. The fraction of sp³-hybridized carbons (Fsp3) is 0.632. The van der Waals surface area contributed by atoms with Gasteiger partial charge in [0.1, 0.15) is 0 Å². The summed E-state index contributed by atoms with van der Waals surface area (Å²) < 4.78 is 0. The molecule has 0 spiro atoms. The third-order valence-corrected chi connectivity index (χ3v) is 5.70. The lowest BCUT2D eigenvalue weighted by atomic mass is 9.90. The molecule has 2 N–H and O–H groups in total. The first-order chi connectivity index (χ1) is 11.3. The van der Waals surface area contributed by atoms with Crippen molar-refractivity contribution in [2.24, 2.45) is 5.92 Å². The van der Waals surface area contributed by atoms with E-state index in [1.54, 1.807) is 0 Å². The van der Waals surface area contributed by atoms with Gasteiger partial charge in [-0.3, -0.25) is 4.79 Å². The highest BCUT2D eigenvalue weighted by Gasteiger charge is 2.33. The summed E-state index contributed by atoms with van der Waals surface area (Å²) in [6, 6.07) is 6.92. The van der Waals surface area contributed by atoms with Crippen LogP contribution in [-0.4, -0.2) is 43.0 Å². The molecule has 3 aliphatic heterocycles. The monoisotopic (exact) mass is 313 g/mol. The first kappa shape index (κ1) is 15.2. The maximum absolute atomic E-state index is 12.7. The summed E-state index contributed by atoms with van der Waals surface area (Å²) in [5, 5.41) is 6.86. The van der Waals surface area contributed by atoms with Crippen molar-refractivity contribution in [3.63, 3.8) is 0 Å². The van der Waals surface area contributed by atoms with E-state index in [1.807, 2.05) is 0 Å². The zero-order valence-electron chi connectivity index (χ0n) is 13.8. The summed E-state index contributed by atoms with van der Waals surface area (Å²) >= 11 is 0. The lowest BCUT2D eigenvalue weighted by Gasteiger charge is -2.31. The van der Waals surface area contributed by atoms with Crippen LogP contribution in [-0.2, 0) is 13.0 Å². The second-order valence-electron chi connectivity index (χ2n) is 7.32. The molecule has 3 aliphatic rings. The lowest BCUT2D eigenvalue weighted by Crippen LogP contribution is -2.46. The topological polar surface area (TPSA) is 44.4 Å². The third-order valence-electron chi connectivity index (χ3n) is 5.70. The summed E-state index contributed by atoms with van der Waals surface area (Å²) in [5.74, 6) is 1.03. The van der Waals surface area contributed by atoms with E-state index < -0.39 is 0 Å². The van der Waals surface area contributed by atoms with Crippen molar-refractivity contribution in [2.75, 3.05) is 26.2 Å². The molecule has 4 nitrogen and oxygen atoms in total. The fourth-order valence-electron chi connectivity index (χ4n) is 4.34. The van der Waals surface area contributed by atoms with Crippen LogP contribution in [0.2, 0.25) is 0 Å². The summed E-state index contributed by atoms with van der Waals surface area (Å²) in [7, 11) is 0.